The normalized spacial score (nSPS) is 15.2. The van der Waals surface area contributed by atoms with Crippen molar-refractivity contribution in [2.24, 2.45) is 11.8 Å². The van der Waals surface area contributed by atoms with Gasteiger partial charge in [0.25, 0.3) is 5.91 Å². The van der Waals surface area contributed by atoms with Gasteiger partial charge < -0.3 is 10.2 Å². The quantitative estimate of drug-likeness (QED) is 0.588. The van der Waals surface area contributed by atoms with Crippen molar-refractivity contribution in [3.63, 3.8) is 0 Å². The lowest BCUT2D eigenvalue weighted by atomic mass is 9.97. The average molecular weight is 302 g/mol. The second kappa shape index (κ2) is 7.20. The number of ketones is 1. The maximum absolute atomic E-state index is 12.5. The second-order valence-corrected chi connectivity index (χ2v) is 6.05. The maximum Gasteiger partial charge on any atom is 0.289 e. The van der Waals surface area contributed by atoms with Gasteiger partial charge in [-0.15, -0.1) is 0 Å². The monoisotopic (exact) mass is 302 g/mol. The van der Waals surface area contributed by atoms with Gasteiger partial charge in [-0.05, 0) is 36.8 Å². The number of anilines is 1. The molecule has 0 spiro atoms. The van der Waals surface area contributed by atoms with Crippen molar-refractivity contribution in [2.45, 2.75) is 32.7 Å². The number of hydrogen-bond acceptors (Lipinski definition) is 3. The molecule has 2 amide bonds. The molecule has 0 aromatic heterocycles. The zero-order chi connectivity index (χ0) is 16.1. The number of nitrogens with one attached hydrogen (secondary N) is 1. The Bertz CT molecular complexity index is 538. The highest BCUT2D eigenvalue weighted by molar-refractivity contribution is 6.39. The average Bonchev–Trinajstić information content (AvgIpc) is 3.34. The van der Waals surface area contributed by atoms with E-state index in [1.807, 2.05) is 19.9 Å². The number of carbonyl (C=O) groups excluding carboxylic acids is 3. The standard InChI is InChI=1S/C17H22N2O3/c1-12(2)15(16(21)17(22)18-10-13-8-9-13)19(11-20)14-6-4-3-5-7-14/h3-7,11-13,15H,8-10H2,1-2H3,(H,18,22). The molecule has 0 aliphatic heterocycles. The van der Waals surface area contributed by atoms with Crippen LogP contribution in [-0.4, -0.2) is 30.7 Å². The van der Waals surface area contributed by atoms with E-state index in [2.05, 4.69) is 5.32 Å². The molecule has 1 saturated carbocycles. The maximum atomic E-state index is 12.5. The highest BCUT2D eigenvalue weighted by atomic mass is 16.2. The summed E-state index contributed by atoms with van der Waals surface area (Å²) in [5.74, 6) is -0.824. The molecule has 118 valence electrons. The fourth-order valence-electron chi connectivity index (χ4n) is 2.42. The third-order valence-corrected chi connectivity index (χ3v) is 3.84. The van der Waals surface area contributed by atoms with E-state index in [1.54, 1.807) is 24.3 Å². The van der Waals surface area contributed by atoms with Crippen LogP contribution in [0.3, 0.4) is 0 Å². The van der Waals surface area contributed by atoms with Crippen LogP contribution in [0.4, 0.5) is 5.69 Å². The highest BCUT2D eigenvalue weighted by Crippen LogP contribution is 2.27. The SMILES string of the molecule is CC(C)C(C(=O)C(=O)NCC1CC1)N(C=O)c1ccccc1. The smallest absolute Gasteiger partial charge is 0.289 e. The van der Waals surface area contributed by atoms with E-state index >= 15 is 0 Å². The first-order chi connectivity index (χ1) is 10.5. The summed E-state index contributed by atoms with van der Waals surface area (Å²) < 4.78 is 0. The van der Waals surface area contributed by atoms with E-state index in [0.29, 0.717) is 24.6 Å². The van der Waals surface area contributed by atoms with Gasteiger partial charge in [0.15, 0.2) is 0 Å². The van der Waals surface area contributed by atoms with Crippen molar-refractivity contribution < 1.29 is 14.4 Å². The van der Waals surface area contributed by atoms with Gasteiger partial charge in [0, 0.05) is 12.2 Å². The van der Waals surface area contributed by atoms with Crippen LogP contribution in [0.15, 0.2) is 30.3 Å². The number of hydrogen-bond donors (Lipinski definition) is 1. The molecule has 1 aliphatic rings. The van der Waals surface area contributed by atoms with Crippen molar-refractivity contribution in [3.05, 3.63) is 30.3 Å². The first kappa shape index (κ1) is 16.2. The number of para-hydroxylation sites is 1. The number of Topliss-reactive ketones (excluding diaryl/α,β-unsaturated/α-hetero) is 1. The molecule has 0 heterocycles. The zero-order valence-corrected chi connectivity index (χ0v) is 13.0. The van der Waals surface area contributed by atoms with Crippen LogP contribution in [0.25, 0.3) is 0 Å². The molecular weight excluding hydrogens is 280 g/mol. The number of rotatable bonds is 8. The van der Waals surface area contributed by atoms with Crippen LogP contribution >= 0.6 is 0 Å². The lowest BCUT2D eigenvalue weighted by Crippen LogP contribution is -2.50. The Morgan fingerprint density at radius 3 is 2.41 bits per heavy atom. The first-order valence-electron chi connectivity index (χ1n) is 7.65. The summed E-state index contributed by atoms with van der Waals surface area (Å²) >= 11 is 0. The van der Waals surface area contributed by atoms with Crippen LogP contribution in [0.2, 0.25) is 0 Å². The molecule has 1 atom stereocenters. The minimum absolute atomic E-state index is 0.162. The topological polar surface area (TPSA) is 66.5 Å². The van der Waals surface area contributed by atoms with Gasteiger partial charge in [-0.2, -0.15) is 0 Å². The van der Waals surface area contributed by atoms with Crippen LogP contribution in [0.1, 0.15) is 26.7 Å². The molecule has 1 aliphatic carbocycles. The summed E-state index contributed by atoms with van der Waals surface area (Å²) in [7, 11) is 0. The Morgan fingerprint density at radius 1 is 1.27 bits per heavy atom. The van der Waals surface area contributed by atoms with Crippen LogP contribution in [-0.2, 0) is 14.4 Å². The molecule has 22 heavy (non-hydrogen) atoms. The van der Waals surface area contributed by atoms with Gasteiger partial charge in [0.1, 0.15) is 6.04 Å². The zero-order valence-electron chi connectivity index (χ0n) is 13.0. The Kier molecular flexibility index (Phi) is 5.31. The number of benzene rings is 1. The van der Waals surface area contributed by atoms with E-state index in [-0.39, 0.29) is 5.92 Å². The predicted octanol–water partition coefficient (Wildman–Crippen LogP) is 1.77. The number of amides is 2. The van der Waals surface area contributed by atoms with Crippen LogP contribution < -0.4 is 10.2 Å². The van der Waals surface area contributed by atoms with Crippen molar-refractivity contribution in [1.82, 2.24) is 5.32 Å². The summed E-state index contributed by atoms with van der Waals surface area (Å²) in [4.78, 5) is 37.4. The fraction of sp³-hybridized carbons (Fsp3) is 0.471. The molecule has 1 unspecified atom stereocenters. The highest BCUT2D eigenvalue weighted by Gasteiger charge is 2.34. The molecule has 0 radical (unpaired) electrons. The fourth-order valence-corrected chi connectivity index (χ4v) is 2.42. The largest absolute Gasteiger partial charge is 0.349 e. The van der Waals surface area contributed by atoms with Crippen molar-refractivity contribution >= 4 is 23.8 Å². The Morgan fingerprint density at radius 2 is 1.91 bits per heavy atom. The Hall–Kier alpha value is -2.17. The van der Waals surface area contributed by atoms with Gasteiger partial charge in [-0.25, -0.2) is 0 Å². The van der Waals surface area contributed by atoms with Crippen molar-refractivity contribution in [3.8, 4) is 0 Å². The Labute approximate surface area is 130 Å². The Balaban J connectivity index is 2.14. The van der Waals surface area contributed by atoms with Crippen molar-refractivity contribution in [1.29, 1.82) is 0 Å². The molecule has 2 rings (SSSR count). The van der Waals surface area contributed by atoms with Gasteiger partial charge in [-0.1, -0.05) is 32.0 Å². The van der Waals surface area contributed by atoms with Gasteiger partial charge in [0.2, 0.25) is 12.2 Å². The van der Waals surface area contributed by atoms with Gasteiger partial charge in [-0.3, -0.25) is 14.4 Å². The molecular formula is C17H22N2O3. The second-order valence-electron chi connectivity index (χ2n) is 6.05. The van der Waals surface area contributed by atoms with Crippen molar-refractivity contribution in [2.75, 3.05) is 11.4 Å². The third-order valence-electron chi connectivity index (χ3n) is 3.84. The van der Waals surface area contributed by atoms with E-state index in [0.717, 1.165) is 12.8 Å². The van der Waals surface area contributed by atoms with E-state index in [9.17, 15) is 14.4 Å². The lowest BCUT2D eigenvalue weighted by Gasteiger charge is -2.29. The molecule has 0 bridgehead atoms. The molecule has 1 fully saturated rings. The van der Waals surface area contributed by atoms with Crippen LogP contribution in [0, 0.1) is 11.8 Å². The molecule has 5 heteroatoms. The summed E-state index contributed by atoms with van der Waals surface area (Å²) in [6, 6.07) is 8.13. The summed E-state index contributed by atoms with van der Waals surface area (Å²) in [5.41, 5.74) is 0.611. The predicted molar refractivity (Wildman–Crippen MR) is 84.4 cm³/mol. The van der Waals surface area contributed by atoms with Crippen LogP contribution in [0.5, 0.6) is 0 Å². The lowest BCUT2D eigenvalue weighted by molar-refractivity contribution is -0.139. The van der Waals surface area contributed by atoms with Gasteiger partial charge >= 0.3 is 0 Å². The van der Waals surface area contributed by atoms with E-state index in [1.165, 1.54) is 4.90 Å². The number of nitrogens with zero attached hydrogens (tertiary/aromatic N) is 1. The molecule has 5 nitrogen and oxygen atoms in total. The molecule has 0 saturated heterocycles. The molecule has 1 N–H and O–H groups in total. The first-order valence-corrected chi connectivity index (χ1v) is 7.65. The van der Waals surface area contributed by atoms with E-state index in [4.69, 9.17) is 0 Å². The van der Waals surface area contributed by atoms with Gasteiger partial charge in [0.05, 0.1) is 0 Å². The third kappa shape index (κ3) is 3.93. The number of carbonyl (C=O) groups is 3. The summed E-state index contributed by atoms with van der Waals surface area (Å²) in [6.07, 6.45) is 2.82. The minimum Gasteiger partial charge on any atom is -0.349 e. The molecule has 1 aromatic carbocycles. The van der Waals surface area contributed by atoms with E-state index < -0.39 is 17.7 Å². The minimum atomic E-state index is -0.792. The summed E-state index contributed by atoms with van der Waals surface area (Å²) in [5, 5.41) is 2.68. The summed E-state index contributed by atoms with van der Waals surface area (Å²) in [6.45, 7) is 4.20. The molecule has 1 aromatic rings.